The highest BCUT2D eigenvalue weighted by molar-refractivity contribution is 6.21. The maximum absolute atomic E-state index is 15.4. The van der Waals surface area contributed by atoms with Crippen LogP contribution in [0.15, 0.2) is 0 Å². The average molecular weight is 1420 g/mol. The lowest BCUT2D eigenvalue weighted by molar-refractivity contribution is -0.182. The van der Waals surface area contributed by atoms with E-state index in [2.05, 4.69) is 16.0 Å². The first-order valence-electron chi connectivity index (χ1n) is 36.6. The summed E-state index contributed by atoms with van der Waals surface area (Å²) in [7, 11) is 8.64. The van der Waals surface area contributed by atoms with Gasteiger partial charge in [0, 0.05) is 73.8 Å². The fourth-order valence-corrected chi connectivity index (χ4v) is 16.8. The van der Waals surface area contributed by atoms with E-state index in [1.165, 1.54) is 88.4 Å². The minimum atomic E-state index is -4.51. The van der Waals surface area contributed by atoms with Gasteiger partial charge in [-0.3, -0.25) is 57.5 Å². The average Bonchev–Trinajstić information content (AvgIpc) is 1.58. The summed E-state index contributed by atoms with van der Waals surface area (Å²) in [5.41, 5.74) is -1.56. The molecule has 4 saturated heterocycles. The zero-order valence-corrected chi connectivity index (χ0v) is 61.7. The monoisotopic (exact) mass is 1420 g/mol. The number of hydrogen-bond acceptors (Lipinski definition) is 12. The summed E-state index contributed by atoms with van der Waals surface area (Å²) in [6, 6.07) is -10.8. The minimum Gasteiger partial charge on any atom is -0.343 e. The van der Waals surface area contributed by atoms with Gasteiger partial charge in [-0.2, -0.15) is 13.2 Å². The third-order valence-corrected chi connectivity index (χ3v) is 23.2. The zero-order valence-electron chi connectivity index (χ0n) is 61.0. The molecule has 0 aromatic rings. The SMILES string of the molecule is CC(C)C[C@H]1C(=O)N[C@@H](C(C)C)C(=O)N(C)[C@@H](C)C(=O)N2CC[C@H]2C(=O)N(C)[C@@H](CC2CCCCC2)C(=O)N(C)CC(=O)N[C@@H](CCC2CCC(C(F)(F)F)C(Cl)C2)C(=O)N2CCC[C@H]2C(=O)NC2(CCCC2)C(=O)N(C)[C@@H](C(C)C)C(=O)N(C)[C@H](C(=O)N2CCCCC2)CC(=O)N1C. The maximum Gasteiger partial charge on any atom is 0.393 e. The van der Waals surface area contributed by atoms with Crippen LogP contribution in [0.3, 0.4) is 0 Å². The highest BCUT2D eigenvalue weighted by Crippen LogP contribution is 2.44. The van der Waals surface area contributed by atoms with E-state index in [-0.39, 0.29) is 101 Å². The van der Waals surface area contributed by atoms with Crippen molar-refractivity contribution in [2.24, 2.45) is 35.5 Å². The molecule has 558 valence electrons. The zero-order chi connectivity index (χ0) is 73.3. The molecule has 24 nitrogen and oxygen atoms in total. The highest BCUT2D eigenvalue weighted by Gasteiger charge is 2.52. The van der Waals surface area contributed by atoms with E-state index < -0.39 is 173 Å². The summed E-state index contributed by atoms with van der Waals surface area (Å²) in [4.78, 5) is 191. The topological polar surface area (TPSA) is 270 Å². The molecule has 0 bridgehead atoms. The summed E-state index contributed by atoms with van der Waals surface area (Å²) in [5.74, 6) is -10.8. The predicted octanol–water partition coefficient (Wildman–Crippen LogP) is 5.70. The number of rotatable bonds is 10. The van der Waals surface area contributed by atoms with Crippen LogP contribution in [0.25, 0.3) is 0 Å². The molecule has 99 heavy (non-hydrogen) atoms. The molecule has 12 amide bonds. The Labute approximate surface area is 588 Å². The third-order valence-electron chi connectivity index (χ3n) is 22.7. The van der Waals surface area contributed by atoms with Gasteiger partial charge in [-0.15, -0.1) is 11.6 Å². The summed E-state index contributed by atoms with van der Waals surface area (Å²) < 4.78 is 42.0. The second-order valence-corrected chi connectivity index (χ2v) is 31.5. The Balaban J connectivity index is 1.27. The number of carbonyl (C=O) groups is 12. The van der Waals surface area contributed by atoms with Crippen molar-refractivity contribution in [1.82, 2.24) is 60.0 Å². The Hall–Kier alpha value is -6.28. The van der Waals surface area contributed by atoms with Gasteiger partial charge in [0.25, 0.3) is 0 Å². The van der Waals surface area contributed by atoms with Crippen molar-refractivity contribution >= 4 is 82.5 Å². The van der Waals surface area contributed by atoms with Crippen molar-refractivity contribution in [2.75, 3.05) is 75.0 Å². The molecule has 7 rings (SSSR count). The van der Waals surface area contributed by atoms with Crippen LogP contribution in [-0.4, -0.2) is 261 Å². The van der Waals surface area contributed by atoms with Crippen LogP contribution >= 0.6 is 11.6 Å². The molecule has 0 radical (unpaired) electrons. The standard InChI is InChI=1S/C71H114ClF3N12O12/c1-42(2)37-53-60(90)77-58(43(3)4)67(97)80(9)45(7)62(92)87-36-30-52(87)65(95)82(11)54(39-46-23-16-14-17-24-46)64(94)79(8)41-56(88)76-50(29-27-47-26-28-48(49(72)38-47)71(73,74)75)63(93)86-35-22-25-51(86)61(91)78-70(31-18-19-32-70)69(99)84(13)59(44(5)6)68(98)83(12)55(40-57(89)81(53)10)66(96)85-33-20-15-21-34-85/h42-55,58-59H,14-41H2,1-13H3,(H,76,88)(H,77,90)(H,78,91)/t45-,47?,48?,49?,50-,51-,52-,53-,54-,55-,58-,59-/m0/s1. The number of hydrogen-bond donors (Lipinski definition) is 3. The van der Waals surface area contributed by atoms with Gasteiger partial charge in [0.2, 0.25) is 70.9 Å². The van der Waals surface area contributed by atoms with Gasteiger partial charge in [0.05, 0.1) is 18.9 Å². The number of fused-ring (bicyclic) bond motifs is 2. The fraction of sp³-hybridized carbons (Fsp3) is 0.831. The summed E-state index contributed by atoms with van der Waals surface area (Å²) in [6.07, 6.45) is 4.16. The van der Waals surface area contributed by atoms with Crippen LogP contribution in [0.1, 0.15) is 196 Å². The number of halogens is 4. The van der Waals surface area contributed by atoms with E-state index in [4.69, 9.17) is 11.6 Å². The molecule has 3 unspecified atom stereocenters. The van der Waals surface area contributed by atoms with E-state index in [0.717, 1.165) is 38.5 Å². The highest BCUT2D eigenvalue weighted by atomic mass is 35.5. The molecule has 28 heteroatoms. The van der Waals surface area contributed by atoms with E-state index in [1.807, 2.05) is 13.8 Å². The van der Waals surface area contributed by atoms with Crippen molar-refractivity contribution in [2.45, 2.75) is 268 Å². The molecule has 0 aromatic heterocycles. The van der Waals surface area contributed by atoms with Gasteiger partial charge in [0.1, 0.15) is 59.9 Å². The molecule has 3 N–H and O–H groups in total. The van der Waals surface area contributed by atoms with Gasteiger partial charge in [-0.1, -0.05) is 86.5 Å². The number of nitrogens with zero attached hydrogens (tertiary/aromatic N) is 9. The molecule has 3 saturated carbocycles. The van der Waals surface area contributed by atoms with Crippen molar-refractivity contribution < 1.29 is 70.7 Å². The largest absolute Gasteiger partial charge is 0.393 e. The van der Waals surface area contributed by atoms with Crippen LogP contribution in [0.2, 0.25) is 0 Å². The quantitative estimate of drug-likeness (QED) is 0.222. The van der Waals surface area contributed by atoms with E-state index >= 15 is 19.2 Å². The van der Waals surface area contributed by atoms with Gasteiger partial charge in [0.15, 0.2) is 0 Å². The normalized spacial score (nSPS) is 30.9. The lowest BCUT2D eigenvalue weighted by Gasteiger charge is -2.45. The predicted molar refractivity (Wildman–Crippen MR) is 365 cm³/mol. The summed E-state index contributed by atoms with van der Waals surface area (Å²) in [5, 5.41) is 7.56. The number of piperidine rings is 1. The molecule has 4 aliphatic heterocycles. The second kappa shape index (κ2) is 34.6. The first-order valence-corrected chi connectivity index (χ1v) is 37.0. The van der Waals surface area contributed by atoms with Crippen LogP contribution < -0.4 is 16.0 Å². The Morgan fingerprint density at radius 3 is 1.78 bits per heavy atom. The molecular formula is C71H114ClF3N12O12. The molecule has 7 fully saturated rings. The number of nitrogens with one attached hydrogen (secondary N) is 3. The smallest absolute Gasteiger partial charge is 0.343 e. The van der Waals surface area contributed by atoms with Crippen LogP contribution in [0, 0.1) is 35.5 Å². The van der Waals surface area contributed by atoms with E-state index in [1.54, 1.807) is 32.6 Å². The molecular weight excluding hydrogens is 1310 g/mol. The Morgan fingerprint density at radius 1 is 0.576 bits per heavy atom. The van der Waals surface area contributed by atoms with Crippen LogP contribution in [-0.2, 0) is 57.5 Å². The Kier molecular flexibility index (Phi) is 28.0. The summed E-state index contributed by atoms with van der Waals surface area (Å²) >= 11 is 6.40. The summed E-state index contributed by atoms with van der Waals surface area (Å²) in [6.45, 7) is 12.6. The Morgan fingerprint density at radius 2 is 1.20 bits per heavy atom. The molecule has 4 heterocycles. The number of carbonyl (C=O) groups excluding carboxylic acids is 12. The number of likely N-dealkylation sites (tertiary alicyclic amines) is 1. The lowest BCUT2D eigenvalue weighted by atomic mass is 9.78. The van der Waals surface area contributed by atoms with Crippen LogP contribution in [0.4, 0.5) is 13.2 Å². The third kappa shape index (κ3) is 19.1. The van der Waals surface area contributed by atoms with Gasteiger partial charge < -0.3 is 60.0 Å². The van der Waals surface area contributed by atoms with Gasteiger partial charge in [-0.05, 0) is 133 Å². The van der Waals surface area contributed by atoms with Crippen molar-refractivity contribution in [3.8, 4) is 0 Å². The second-order valence-electron chi connectivity index (χ2n) is 30.9. The van der Waals surface area contributed by atoms with Gasteiger partial charge >= 0.3 is 6.18 Å². The van der Waals surface area contributed by atoms with Crippen LogP contribution in [0.5, 0.6) is 0 Å². The molecule has 7 aliphatic rings. The maximum atomic E-state index is 15.4. The molecule has 1 spiro atoms. The van der Waals surface area contributed by atoms with Crippen molar-refractivity contribution in [3.63, 3.8) is 0 Å². The van der Waals surface area contributed by atoms with E-state index in [9.17, 15) is 51.5 Å². The van der Waals surface area contributed by atoms with Gasteiger partial charge in [-0.25, -0.2) is 0 Å². The van der Waals surface area contributed by atoms with E-state index in [0.29, 0.717) is 45.2 Å². The van der Waals surface area contributed by atoms with Crippen molar-refractivity contribution in [3.05, 3.63) is 0 Å². The first kappa shape index (κ1) is 80.0. The fourth-order valence-electron chi connectivity index (χ4n) is 16.3. The van der Waals surface area contributed by atoms with Crippen molar-refractivity contribution in [1.29, 1.82) is 0 Å². The Bertz CT molecular complexity index is 2920. The lowest BCUT2D eigenvalue weighted by Crippen LogP contribution is -2.65. The molecule has 0 aromatic carbocycles. The minimum absolute atomic E-state index is 0.000956. The number of amides is 12. The molecule has 3 aliphatic carbocycles. The number of likely N-dealkylation sites (N-methyl/N-ethyl adjacent to an activating group) is 6. The first-order chi connectivity index (χ1) is 46.5. The molecule has 12 atom stereocenters. The number of alkyl halides is 4.